The normalized spacial score (nSPS) is 17.3. The Balaban J connectivity index is 0.00000231. The molecule has 1 aliphatic rings. The summed E-state index contributed by atoms with van der Waals surface area (Å²) in [5, 5.41) is 14.0. The number of fused-ring (bicyclic) bond motifs is 3. The summed E-state index contributed by atoms with van der Waals surface area (Å²) >= 11 is 1.34. The van der Waals surface area contributed by atoms with Crippen LogP contribution in [0.3, 0.4) is 0 Å². The number of sulfonamides is 1. The average molecular weight is 478 g/mol. The molecule has 4 aromatic rings. The standard InChI is InChI=1S/C21H19N3O4S2.ClH/c22-13-7-9-24(11-13)30(27,28)14-3-1-12(2-4-14)18-17(25)6-5-16-19(18)15-8-10-29-20(15)21(26)23-16;/h1-6,8,10,13,25H,7,9,11,22H2,(H,23,26);1H. The topological polar surface area (TPSA) is 116 Å². The van der Waals surface area contributed by atoms with Crippen molar-refractivity contribution in [3.05, 3.63) is 58.2 Å². The molecule has 0 radical (unpaired) electrons. The summed E-state index contributed by atoms with van der Waals surface area (Å²) in [5.74, 6) is 0.0585. The van der Waals surface area contributed by atoms with Gasteiger partial charge in [0, 0.05) is 41.0 Å². The minimum Gasteiger partial charge on any atom is -0.507 e. The number of nitrogens with one attached hydrogen (secondary N) is 1. The lowest BCUT2D eigenvalue weighted by Crippen LogP contribution is -2.31. The second-order valence-electron chi connectivity index (χ2n) is 7.44. The Hall–Kier alpha value is -2.43. The fraction of sp³-hybridized carbons (Fsp3) is 0.190. The number of phenolic OH excluding ortho intramolecular Hbond substituents is 1. The van der Waals surface area contributed by atoms with Gasteiger partial charge in [-0.1, -0.05) is 12.1 Å². The summed E-state index contributed by atoms with van der Waals surface area (Å²) in [7, 11) is -3.61. The lowest BCUT2D eigenvalue weighted by Gasteiger charge is -2.16. The largest absolute Gasteiger partial charge is 0.507 e. The molecule has 162 valence electrons. The second-order valence-corrected chi connectivity index (χ2v) is 10.3. The molecule has 0 aliphatic carbocycles. The highest BCUT2D eigenvalue weighted by Crippen LogP contribution is 2.40. The molecule has 7 nitrogen and oxygen atoms in total. The Kier molecular flexibility index (Phi) is 5.57. The van der Waals surface area contributed by atoms with Crippen LogP contribution in [-0.4, -0.2) is 41.9 Å². The molecular weight excluding hydrogens is 458 g/mol. The van der Waals surface area contributed by atoms with Crippen molar-refractivity contribution >= 4 is 54.8 Å². The average Bonchev–Trinajstić information content (AvgIpc) is 3.39. The van der Waals surface area contributed by atoms with Gasteiger partial charge in [0.05, 0.1) is 4.90 Å². The lowest BCUT2D eigenvalue weighted by atomic mass is 9.97. The Morgan fingerprint density at radius 1 is 1.13 bits per heavy atom. The molecule has 1 unspecified atom stereocenters. The number of aromatic amines is 1. The Morgan fingerprint density at radius 2 is 1.87 bits per heavy atom. The number of nitrogens with zero attached hydrogens (tertiary/aromatic N) is 1. The van der Waals surface area contributed by atoms with Crippen molar-refractivity contribution in [2.75, 3.05) is 13.1 Å². The van der Waals surface area contributed by atoms with Crippen LogP contribution < -0.4 is 11.3 Å². The van der Waals surface area contributed by atoms with Crippen molar-refractivity contribution in [2.24, 2.45) is 5.73 Å². The number of hydrogen-bond donors (Lipinski definition) is 3. The first-order valence-electron chi connectivity index (χ1n) is 9.47. The zero-order valence-corrected chi connectivity index (χ0v) is 18.7. The van der Waals surface area contributed by atoms with E-state index in [0.29, 0.717) is 40.9 Å². The molecule has 4 N–H and O–H groups in total. The number of halogens is 1. The highest BCUT2D eigenvalue weighted by Gasteiger charge is 2.31. The molecule has 31 heavy (non-hydrogen) atoms. The van der Waals surface area contributed by atoms with E-state index in [4.69, 9.17) is 5.73 Å². The number of hydrogen-bond acceptors (Lipinski definition) is 6. The van der Waals surface area contributed by atoms with Gasteiger partial charge in [-0.25, -0.2) is 8.42 Å². The van der Waals surface area contributed by atoms with Crippen LogP contribution >= 0.6 is 23.7 Å². The lowest BCUT2D eigenvalue weighted by molar-refractivity contribution is 0.472. The van der Waals surface area contributed by atoms with Crippen molar-refractivity contribution in [2.45, 2.75) is 17.4 Å². The van der Waals surface area contributed by atoms with E-state index in [2.05, 4.69) is 4.98 Å². The molecule has 1 aliphatic heterocycles. The van der Waals surface area contributed by atoms with Gasteiger partial charge in [-0.3, -0.25) is 4.79 Å². The van der Waals surface area contributed by atoms with Crippen molar-refractivity contribution < 1.29 is 13.5 Å². The number of aromatic hydroxyl groups is 1. The molecular formula is C21H20ClN3O4S2. The minimum absolute atomic E-state index is 0. The van der Waals surface area contributed by atoms with Crippen LogP contribution in [0.15, 0.2) is 57.5 Å². The maximum absolute atomic E-state index is 12.9. The van der Waals surface area contributed by atoms with Gasteiger partial charge in [0.25, 0.3) is 5.56 Å². The monoisotopic (exact) mass is 477 g/mol. The second kappa shape index (κ2) is 7.92. The summed E-state index contributed by atoms with van der Waals surface area (Å²) in [6, 6.07) is 11.4. The molecule has 0 bridgehead atoms. The van der Waals surface area contributed by atoms with Crippen LogP contribution in [0.5, 0.6) is 5.75 Å². The molecule has 2 aromatic carbocycles. The van der Waals surface area contributed by atoms with Gasteiger partial charge >= 0.3 is 0 Å². The molecule has 10 heteroatoms. The fourth-order valence-corrected chi connectivity index (χ4v) is 6.35. The first-order valence-corrected chi connectivity index (χ1v) is 11.8. The predicted molar refractivity (Wildman–Crippen MR) is 126 cm³/mol. The SMILES string of the molecule is Cl.NC1CCN(S(=O)(=O)c2ccc(-c3c(O)ccc4[nH]c(=O)c5sccc5c34)cc2)C1. The molecule has 1 atom stereocenters. The number of H-pyrrole nitrogens is 1. The van der Waals surface area contributed by atoms with E-state index in [1.54, 1.807) is 30.3 Å². The maximum atomic E-state index is 12.9. The molecule has 0 saturated carbocycles. The first-order chi connectivity index (χ1) is 14.4. The van der Waals surface area contributed by atoms with Crippen LogP contribution in [0.4, 0.5) is 0 Å². The molecule has 3 heterocycles. The van der Waals surface area contributed by atoms with Crippen molar-refractivity contribution in [1.82, 2.24) is 9.29 Å². The van der Waals surface area contributed by atoms with Crippen LogP contribution in [0.2, 0.25) is 0 Å². The zero-order chi connectivity index (χ0) is 21.0. The summed E-state index contributed by atoms with van der Waals surface area (Å²) in [5.41, 5.74) is 7.52. The van der Waals surface area contributed by atoms with Crippen LogP contribution in [0, 0.1) is 0 Å². The van der Waals surface area contributed by atoms with Gasteiger partial charge in [-0.2, -0.15) is 4.31 Å². The van der Waals surface area contributed by atoms with E-state index in [9.17, 15) is 18.3 Å². The zero-order valence-electron chi connectivity index (χ0n) is 16.2. The van der Waals surface area contributed by atoms with E-state index < -0.39 is 10.0 Å². The molecule has 0 spiro atoms. The van der Waals surface area contributed by atoms with Gasteiger partial charge in [0.15, 0.2) is 0 Å². The number of nitrogens with two attached hydrogens (primary N) is 1. The number of benzene rings is 2. The van der Waals surface area contributed by atoms with Crippen molar-refractivity contribution in [3.8, 4) is 16.9 Å². The third-order valence-corrected chi connectivity index (χ3v) is 8.33. The minimum atomic E-state index is -3.61. The summed E-state index contributed by atoms with van der Waals surface area (Å²) < 4.78 is 27.7. The Bertz CT molecular complexity index is 1450. The predicted octanol–water partition coefficient (Wildman–Crippen LogP) is 3.26. The van der Waals surface area contributed by atoms with E-state index >= 15 is 0 Å². The maximum Gasteiger partial charge on any atom is 0.266 e. The molecule has 1 fully saturated rings. The highest BCUT2D eigenvalue weighted by molar-refractivity contribution is 7.89. The van der Waals surface area contributed by atoms with Gasteiger partial charge in [-0.15, -0.1) is 23.7 Å². The van der Waals surface area contributed by atoms with Crippen molar-refractivity contribution in [1.29, 1.82) is 0 Å². The third kappa shape index (κ3) is 3.52. The molecule has 0 amide bonds. The van der Waals surface area contributed by atoms with E-state index in [0.717, 1.165) is 10.8 Å². The molecule has 1 saturated heterocycles. The Morgan fingerprint density at radius 3 is 2.55 bits per heavy atom. The quantitative estimate of drug-likeness (QED) is 0.418. The van der Waals surface area contributed by atoms with Crippen LogP contribution in [0.25, 0.3) is 32.1 Å². The van der Waals surface area contributed by atoms with E-state index in [1.165, 1.54) is 21.7 Å². The summed E-state index contributed by atoms with van der Waals surface area (Å²) in [4.78, 5) is 15.4. The fourth-order valence-electron chi connectivity index (χ4n) is 4.04. The van der Waals surface area contributed by atoms with Crippen LogP contribution in [-0.2, 0) is 10.0 Å². The molecule has 5 rings (SSSR count). The van der Waals surface area contributed by atoms with E-state index in [-0.39, 0.29) is 34.7 Å². The summed E-state index contributed by atoms with van der Waals surface area (Å²) in [6.07, 6.45) is 0.649. The number of thiophene rings is 1. The van der Waals surface area contributed by atoms with Gasteiger partial charge < -0.3 is 15.8 Å². The van der Waals surface area contributed by atoms with Gasteiger partial charge in [0.2, 0.25) is 10.0 Å². The van der Waals surface area contributed by atoms with Gasteiger partial charge in [-0.05, 0) is 47.7 Å². The smallest absolute Gasteiger partial charge is 0.266 e. The number of aromatic nitrogens is 1. The number of pyridine rings is 1. The number of phenols is 1. The highest BCUT2D eigenvalue weighted by atomic mass is 35.5. The number of rotatable bonds is 3. The Labute approximate surface area is 188 Å². The van der Waals surface area contributed by atoms with Crippen LogP contribution in [0.1, 0.15) is 6.42 Å². The van der Waals surface area contributed by atoms with Crippen molar-refractivity contribution in [3.63, 3.8) is 0 Å². The molecule has 2 aromatic heterocycles. The van der Waals surface area contributed by atoms with E-state index in [1.807, 2.05) is 11.4 Å². The first kappa shape index (κ1) is 21.8. The summed E-state index contributed by atoms with van der Waals surface area (Å²) in [6.45, 7) is 0.733. The van der Waals surface area contributed by atoms with Gasteiger partial charge in [0.1, 0.15) is 10.4 Å². The third-order valence-electron chi connectivity index (χ3n) is 5.54.